The van der Waals surface area contributed by atoms with Gasteiger partial charge in [-0.05, 0) is 60.6 Å². The highest BCUT2D eigenvalue weighted by Crippen LogP contribution is 2.23. The summed E-state index contributed by atoms with van der Waals surface area (Å²) in [6.45, 7) is 1.86. The van der Waals surface area contributed by atoms with Crippen LogP contribution in [0.1, 0.15) is 11.1 Å². The van der Waals surface area contributed by atoms with Gasteiger partial charge in [-0.15, -0.1) is 5.10 Å². The van der Waals surface area contributed by atoms with E-state index in [1.165, 1.54) is 37.6 Å². The zero-order valence-electron chi connectivity index (χ0n) is 16.4. The summed E-state index contributed by atoms with van der Waals surface area (Å²) >= 11 is 0.954. The predicted octanol–water partition coefficient (Wildman–Crippen LogP) is 2.37. The third-order valence-electron chi connectivity index (χ3n) is 3.85. The van der Waals surface area contributed by atoms with Crippen molar-refractivity contribution in [3.63, 3.8) is 0 Å². The fraction of sp³-hybridized carbons (Fsp3) is 0.100. The number of rotatable bonds is 6. The molecule has 0 saturated carbocycles. The van der Waals surface area contributed by atoms with Crippen LogP contribution in [-0.4, -0.2) is 38.8 Å². The molecule has 0 atom stereocenters. The smallest absolute Gasteiger partial charge is 0.339 e. The molecule has 0 spiro atoms. The molecule has 0 unspecified atom stereocenters. The first-order valence-corrected chi connectivity index (χ1v) is 11.0. The Kier molecular flexibility index (Phi) is 6.88. The SMILES string of the molecule is COC(=O)/C=C1/S/C(=N\N=Cc2ccc(OS(=O)(=O)c3ccc(C)cc3)cc2)NC1=O. The van der Waals surface area contributed by atoms with Crippen molar-refractivity contribution in [2.45, 2.75) is 11.8 Å². The number of benzene rings is 2. The molecule has 11 heteroatoms. The Balaban J connectivity index is 1.63. The lowest BCUT2D eigenvalue weighted by molar-refractivity contribution is -0.135. The Morgan fingerprint density at radius 1 is 1.10 bits per heavy atom. The molecule has 1 fully saturated rings. The summed E-state index contributed by atoms with van der Waals surface area (Å²) in [5, 5.41) is 10.4. The first kappa shape index (κ1) is 22.2. The molecule has 1 aliphatic rings. The summed E-state index contributed by atoms with van der Waals surface area (Å²) in [4.78, 5) is 23.2. The number of amides is 1. The monoisotopic (exact) mass is 459 g/mol. The third kappa shape index (κ3) is 6.03. The number of hydrogen-bond acceptors (Lipinski definition) is 9. The first-order chi connectivity index (χ1) is 14.8. The Hall–Kier alpha value is -3.44. The van der Waals surface area contributed by atoms with E-state index >= 15 is 0 Å². The van der Waals surface area contributed by atoms with Gasteiger partial charge in [0.15, 0.2) is 5.17 Å². The van der Waals surface area contributed by atoms with Gasteiger partial charge in [0.05, 0.1) is 18.2 Å². The summed E-state index contributed by atoms with van der Waals surface area (Å²) in [5.74, 6) is -0.963. The number of aryl methyl sites for hydroxylation is 1. The van der Waals surface area contributed by atoms with Gasteiger partial charge in [-0.25, -0.2) is 4.79 Å². The van der Waals surface area contributed by atoms with Crippen LogP contribution in [0.2, 0.25) is 0 Å². The summed E-state index contributed by atoms with van der Waals surface area (Å²) in [6, 6.07) is 12.5. The van der Waals surface area contributed by atoms with Gasteiger partial charge in [-0.3, -0.25) is 10.1 Å². The van der Waals surface area contributed by atoms with E-state index in [2.05, 4.69) is 20.3 Å². The topological polar surface area (TPSA) is 123 Å². The molecule has 2 aromatic carbocycles. The number of thioether (sulfide) groups is 1. The largest absolute Gasteiger partial charge is 0.466 e. The van der Waals surface area contributed by atoms with E-state index in [0.717, 1.165) is 23.4 Å². The molecule has 31 heavy (non-hydrogen) atoms. The zero-order valence-corrected chi connectivity index (χ0v) is 18.1. The number of carbonyl (C=O) groups is 2. The average molecular weight is 460 g/mol. The van der Waals surface area contributed by atoms with Gasteiger partial charge in [0.1, 0.15) is 10.6 Å². The normalized spacial score (nSPS) is 16.6. The van der Waals surface area contributed by atoms with Gasteiger partial charge >= 0.3 is 16.1 Å². The highest BCUT2D eigenvalue weighted by Gasteiger charge is 2.25. The van der Waals surface area contributed by atoms with Gasteiger partial charge in [0.25, 0.3) is 5.91 Å². The van der Waals surface area contributed by atoms with E-state index in [0.29, 0.717) is 5.56 Å². The van der Waals surface area contributed by atoms with Crippen LogP contribution in [0.15, 0.2) is 74.6 Å². The second kappa shape index (κ2) is 9.58. The number of amidine groups is 1. The maximum Gasteiger partial charge on any atom is 0.339 e. The van der Waals surface area contributed by atoms with Crippen molar-refractivity contribution >= 4 is 45.1 Å². The third-order valence-corrected chi connectivity index (χ3v) is 6.01. The van der Waals surface area contributed by atoms with Crippen molar-refractivity contribution in [1.29, 1.82) is 0 Å². The van der Waals surface area contributed by atoms with Crippen molar-refractivity contribution in [1.82, 2.24) is 5.32 Å². The Morgan fingerprint density at radius 2 is 1.77 bits per heavy atom. The van der Waals surface area contributed by atoms with Crippen LogP contribution in [-0.2, 0) is 24.4 Å². The average Bonchev–Trinajstić information content (AvgIpc) is 3.08. The lowest BCUT2D eigenvalue weighted by Crippen LogP contribution is -2.19. The number of methoxy groups -OCH3 is 1. The van der Waals surface area contributed by atoms with E-state index in [-0.39, 0.29) is 20.7 Å². The molecule has 1 amide bonds. The molecule has 160 valence electrons. The molecule has 1 N–H and O–H groups in total. The predicted molar refractivity (Wildman–Crippen MR) is 116 cm³/mol. The van der Waals surface area contributed by atoms with Gasteiger partial charge in [-0.2, -0.15) is 13.5 Å². The van der Waals surface area contributed by atoms with Crippen LogP contribution < -0.4 is 9.50 Å². The molecular formula is C20H17N3O6S2. The van der Waals surface area contributed by atoms with Crippen molar-refractivity contribution in [3.05, 3.63) is 70.6 Å². The van der Waals surface area contributed by atoms with Crippen molar-refractivity contribution in [2.75, 3.05) is 7.11 Å². The molecule has 1 saturated heterocycles. The minimum Gasteiger partial charge on any atom is -0.466 e. The molecular weight excluding hydrogens is 442 g/mol. The van der Waals surface area contributed by atoms with Gasteiger partial charge < -0.3 is 8.92 Å². The Morgan fingerprint density at radius 3 is 2.42 bits per heavy atom. The molecule has 0 bridgehead atoms. The molecule has 0 aliphatic carbocycles. The van der Waals surface area contributed by atoms with E-state index in [4.69, 9.17) is 4.18 Å². The van der Waals surface area contributed by atoms with E-state index in [1.54, 1.807) is 24.3 Å². The molecule has 9 nitrogen and oxygen atoms in total. The highest BCUT2D eigenvalue weighted by molar-refractivity contribution is 8.18. The second-order valence-electron chi connectivity index (χ2n) is 6.16. The number of carbonyl (C=O) groups excluding carboxylic acids is 2. The van der Waals surface area contributed by atoms with E-state index in [9.17, 15) is 18.0 Å². The highest BCUT2D eigenvalue weighted by atomic mass is 32.2. The number of esters is 1. The Bertz CT molecular complexity index is 1180. The summed E-state index contributed by atoms with van der Waals surface area (Å²) < 4.78 is 34.3. The van der Waals surface area contributed by atoms with Crippen molar-refractivity contribution in [3.8, 4) is 5.75 Å². The van der Waals surface area contributed by atoms with E-state index in [1.807, 2.05) is 6.92 Å². The molecule has 0 aromatic heterocycles. The zero-order chi connectivity index (χ0) is 22.4. The summed E-state index contributed by atoms with van der Waals surface area (Å²) in [6.07, 6.45) is 2.48. The van der Waals surface area contributed by atoms with E-state index < -0.39 is 22.0 Å². The van der Waals surface area contributed by atoms with Crippen LogP contribution in [0.5, 0.6) is 5.75 Å². The van der Waals surface area contributed by atoms with Gasteiger partial charge in [-0.1, -0.05) is 17.7 Å². The van der Waals surface area contributed by atoms with Gasteiger partial charge in [0, 0.05) is 6.08 Å². The first-order valence-electron chi connectivity index (χ1n) is 8.78. The number of nitrogens with zero attached hydrogens (tertiary/aromatic N) is 2. The fourth-order valence-electron chi connectivity index (χ4n) is 2.28. The fourth-order valence-corrected chi connectivity index (χ4v) is 3.95. The number of nitrogens with one attached hydrogen (secondary N) is 1. The van der Waals surface area contributed by atoms with Crippen LogP contribution >= 0.6 is 11.8 Å². The van der Waals surface area contributed by atoms with Crippen LogP contribution in [0.25, 0.3) is 0 Å². The van der Waals surface area contributed by atoms with Crippen LogP contribution in [0.4, 0.5) is 0 Å². The number of ether oxygens (including phenoxy) is 1. The molecule has 2 aromatic rings. The Labute approximate surface area is 183 Å². The summed E-state index contributed by atoms with van der Waals surface area (Å²) in [5.41, 5.74) is 1.57. The second-order valence-corrected chi connectivity index (χ2v) is 8.73. The number of hydrogen-bond donors (Lipinski definition) is 1. The standard InChI is InChI=1S/C20H17N3O6S2/c1-13-3-9-16(10-4-13)31(26,27)29-15-7-5-14(6-8-15)12-21-23-20-22-19(25)17(30-20)11-18(24)28-2/h3-12H,1-2H3,(H,22,23,25)/b17-11+,21-12?. The van der Waals surface area contributed by atoms with Gasteiger partial charge in [0.2, 0.25) is 0 Å². The maximum absolute atomic E-state index is 12.3. The minimum atomic E-state index is -3.93. The lowest BCUT2D eigenvalue weighted by atomic mass is 10.2. The minimum absolute atomic E-state index is 0.0660. The molecule has 3 rings (SSSR count). The molecule has 0 radical (unpaired) electrons. The molecule has 1 heterocycles. The lowest BCUT2D eigenvalue weighted by Gasteiger charge is -2.07. The van der Waals surface area contributed by atoms with Crippen molar-refractivity contribution < 1.29 is 26.9 Å². The molecule has 1 aliphatic heterocycles. The van der Waals surface area contributed by atoms with Crippen molar-refractivity contribution in [2.24, 2.45) is 10.2 Å². The van der Waals surface area contributed by atoms with Crippen LogP contribution in [0.3, 0.4) is 0 Å². The summed E-state index contributed by atoms with van der Waals surface area (Å²) in [7, 11) is -2.72. The van der Waals surface area contributed by atoms with Crippen LogP contribution in [0, 0.1) is 6.92 Å². The maximum atomic E-state index is 12.3. The quantitative estimate of drug-likeness (QED) is 0.231.